The maximum Gasteiger partial charge on any atom is 0.320 e. The molecule has 1 atom stereocenters. The Morgan fingerprint density at radius 1 is 1.24 bits per heavy atom. The molecule has 4 N–H and O–H groups in total. The molecule has 100 valence electrons. The smallest absolute Gasteiger partial charge is 0.320 e. The molecule has 5 heteroatoms. The molecule has 0 aliphatic heterocycles. The minimum Gasteiger partial charge on any atom is -0.480 e. The number of nitrogens with one attached hydrogen (secondary N) is 1. The van der Waals surface area contributed by atoms with E-state index in [9.17, 15) is 9.59 Å². The fourth-order valence-electron chi connectivity index (χ4n) is 1.47. The summed E-state index contributed by atoms with van der Waals surface area (Å²) < 4.78 is 0. The first-order chi connectivity index (χ1) is 8.07. The topological polar surface area (TPSA) is 92.4 Å². The second-order valence-electron chi connectivity index (χ2n) is 4.25. The van der Waals surface area contributed by atoms with Gasteiger partial charge in [-0.05, 0) is 19.3 Å². The monoisotopic (exact) mass is 244 g/mol. The van der Waals surface area contributed by atoms with Crippen LogP contribution in [0.3, 0.4) is 0 Å². The maximum absolute atomic E-state index is 11.3. The van der Waals surface area contributed by atoms with Gasteiger partial charge in [-0.3, -0.25) is 9.59 Å². The molecule has 0 aromatic rings. The third-order valence-corrected chi connectivity index (χ3v) is 2.59. The van der Waals surface area contributed by atoms with E-state index in [1.165, 1.54) is 6.42 Å². The van der Waals surface area contributed by atoms with Gasteiger partial charge in [0.05, 0.1) is 0 Å². The van der Waals surface area contributed by atoms with Crippen LogP contribution < -0.4 is 11.1 Å². The van der Waals surface area contributed by atoms with Gasteiger partial charge >= 0.3 is 5.97 Å². The summed E-state index contributed by atoms with van der Waals surface area (Å²) in [7, 11) is 0. The fourth-order valence-corrected chi connectivity index (χ4v) is 1.47. The van der Waals surface area contributed by atoms with Gasteiger partial charge in [0.2, 0.25) is 5.91 Å². The van der Waals surface area contributed by atoms with Crippen molar-refractivity contribution < 1.29 is 14.7 Å². The highest BCUT2D eigenvalue weighted by Crippen LogP contribution is 2.02. The third kappa shape index (κ3) is 9.81. The SMILES string of the molecule is CCCCCCC(=O)NCCCC(N)C(=O)O. The molecule has 0 radical (unpaired) electrons. The van der Waals surface area contributed by atoms with Crippen LogP contribution in [0.2, 0.25) is 0 Å². The average molecular weight is 244 g/mol. The zero-order chi connectivity index (χ0) is 13.1. The largest absolute Gasteiger partial charge is 0.480 e. The lowest BCUT2D eigenvalue weighted by Gasteiger charge is -2.07. The maximum atomic E-state index is 11.3. The number of aliphatic carboxylic acids is 1. The summed E-state index contributed by atoms with van der Waals surface area (Å²) in [5.41, 5.74) is 5.33. The number of carbonyl (C=O) groups excluding carboxylic acids is 1. The number of nitrogens with two attached hydrogens (primary N) is 1. The van der Waals surface area contributed by atoms with Crippen LogP contribution in [0.4, 0.5) is 0 Å². The molecule has 0 heterocycles. The van der Waals surface area contributed by atoms with Crippen LogP contribution in [-0.4, -0.2) is 29.6 Å². The average Bonchev–Trinajstić information content (AvgIpc) is 2.29. The minimum atomic E-state index is -0.990. The van der Waals surface area contributed by atoms with Crippen LogP contribution in [0, 0.1) is 0 Å². The van der Waals surface area contributed by atoms with Gasteiger partial charge in [0.15, 0.2) is 0 Å². The Labute approximate surface area is 103 Å². The minimum absolute atomic E-state index is 0.0463. The predicted octanol–water partition coefficient (Wildman–Crippen LogP) is 1.27. The second kappa shape index (κ2) is 10.1. The molecular weight excluding hydrogens is 220 g/mol. The number of amides is 1. The molecule has 0 bridgehead atoms. The molecule has 0 saturated carbocycles. The lowest BCUT2D eigenvalue weighted by Crippen LogP contribution is -2.32. The lowest BCUT2D eigenvalue weighted by molar-refractivity contribution is -0.138. The van der Waals surface area contributed by atoms with Gasteiger partial charge in [-0.1, -0.05) is 26.2 Å². The van der Waals surface area contributed by atoms with E-state index >= 15 is 0 Å². The van der Waals surface area contributed by atoms with Crippen molar-refractivity contribution in [2.75, 3.05) is 6.54 Å². The number of carboxylic acid groups (broad SMARTS) is 1. The Hall–Kier alpha value is -1.10. The van der Waals surface area contributed by atoms with Crippen molar-refractivity contribution in [2.45, 2.75) is 57.9 Å². The Morgan fingerprint density at radius 3 is 2.53 bits per heavy atom. The molecule has 17 heavy (non-hydrogen) atoms. The van der Waals surface area contributed by atoms with E-state index in [2.05, 4.69) is 12.2 Å². The molecule has 5 nitrogen and oxygen atoms in total. The predicted molar refractivity (Wildman–Crippen MR) is 66.6 cm³/mol. The fraction of sp³-hybridized carbons (Fsp3) is 0.833. The van der Waals surface area contributed by atoms with Crippen molar-refractivity contribution in [3.63, 3.8) is 0 Å². The van der Waals surface area contributed by atoms with E-state index in [1.54, 1.807) is 0 Å². The number of hydrogen-bond acceptors (Lipinski definition) is 3. The summed E-state index contributed by atoms with van der Waals surface area (Å²) in [6, 6.07) is -0.823. The number of carbonyl (C=O) groups is 2. The zero-order valence-corrected chi connectivity index (χ0v) is 10.6. The molecule has 0 rings (SSSR count). The van der Waals surface area contributed by atoms with Crippen LogP contribution in [0.5, 0.6) is 0 Å². The molecule has 0 aromatic carbocycles. The summed E-state index contributed by atoms with van der Waals surface area (Å²) >= 11 is 0. The first kappa shape index (κ1) is 15.9. The van der Waals surface area contributed by atoms with E-state index < -0.39 is 12.0 Å². The van der Waals surface area contributed by atoms with Crippen molar-refractivity contribution in [3.8, 4) is 0 Å². The number of carboxylic acids is 1. The number of unbranched alkanes of at least 4 members (excludes halogenated alkanes) is 3. The van der Waals surface area contributed by atoms with Gasteiger partial charge in [0.25, 0.3) is 0 Å². The normalized spacial score (nSPS) is 12.1. The third-order valence-electron chi connectivity index (χ3n) is 2.59. The highest BCUT2D eigenvalue weighted by Gasteiger charge is 2.10. The quantitative estimate of drug-likeness (QED) is 0.504. The van der Waals surface area contributed by atoms with E-state index in [1.807, 2.05) is 0 Å². The van der Waals surface area contributed by atoms with Gasteiger partial charge in [-0.2, -0.15) is 0 Å². The van der Waals surface area contributed by atoms with Crippen LogP contribution in [0.1, 0.15) is 51.9 Å². The lowest BCUT2D eigenvalue weighted by atomic mass is 10.1. The molecule has 0 spiro atoms. The van der Waals surface area contributed by atoms with Gasteiger partial charge in [0.1, 0.15) is 6.04 Å². The van der Waals surface area contributed by atoms with Crippen LogP contribution in [0.25, 0.3) is 0 Å². The van der Waals surface area contributed by atoms with E-state index in [-0.39, 0.29) is 5.91 Å². The Kier molecular flexibility index (Phi) is 9.43. The van der Waals surface area contributed by atoms with Crippen molar-refractivity contribution in [1.29, 1.82) is 0 Å². The molecule has 1 amide bonds. The highest BCUT2D eigenvalue weighted by atomic mass is 16.4. The Bertz CT molecular complexity index is 232. The second-order valence-corrected chi connectivity index (χ2v) is 4.25. The van der Waals surface area contributed by atoms with E-state index in [0.29, 0.717) is 25.8 Å². The van der Waals surface area contributed by atoms with Crippen molar-refractivity contribution in [2.24, 2.45) is 5.73 Å². The van der Waals surface area contributed by atoms with Crippen LogP contribution in [0.15, 0.2) is 0 Å². The number of hydrogen-bond donors (Lipinski definition) is 3. The van der Waals surface area contributed by atoms with E-state index in [4.69, 9.17) is 10.8 Å². The van der Waals surface area contributed by atoms with Gasteiger partial charge < -0.3 is 16.2 Å². The summed E-state index contributed by atoms with van der Waals surface area (Å²) in [6.07, 6.45) is 5.90. The van der Waals surface area contributed by atoms with Gasteiger partial charge in [-0.15, -0.1) is 0 Å². The van der Waals surface area contributed by atoms with Crippen molar-refractivity contribution in [1.82, 2.24) is 5.32 Å². The zero-order valence-electron chi connectivity index (χ0n) is 10.6. The summed E-state index contributed by atoms with van der Waals surface area (Å²) in [6.45, 7) is 2.64. The van der Waals surface area contributed by atoms with Crippen molar-refractivity contribution in [3.05, 3.63) is 0 Å². The summed E-state index contributed by atoms with van der Waals surface area (Å²) in [5, 5.41) is 11.3. The standard InChI is InChI=1S/C12H24N2O3/c1-2-3-4-5-8-11(15)14-9-6-7-10(13)12(16)17/h10H,2-9,13H2,1H3,(H,14,15)(H,16,17). The first-order valence-corrected chi connectivity index (χ1v) is 6.33. The Morgan fingerprint density at radius 2 is 1.94 bits per heavy atom. The van der Waals surface area contributed by atoms with Crippen LogP contribution in [-0.2, 0) is 9.59 Å². The molecule has 0 fully saturated rings. The molecule has 1 unspecified atom stereocenters. The first-order valence-electron chi connectivity index (χ1n) is 6.33. The molecule has 0 aromatic heterocycles. The Balaban J connectivity index is 3.36. The van der Waals surface area contributed by atoms with Gasteiger partial charge in [0, 0.05) is 13.0 Å². The molecule has 0 aliphatic carbocycles. The van der Waals surface area contributed by atoms with Crippen LogP contribution >= 0.6 is 0 Å². The van der Waals surface area contributed by atoms with E-state index in [0.717, 1.165) is 19.3 Å². The van der Waals surface area contributed by atoms with Gasteiger partial charge in [-0.25, -0.2) is 0 Å². The molecular formula is C12H24N2O3. The van der Waals surface area contributed by atoms with Crippen molar-refractivity contribution >= 4 is 11.9 Å². The highest BCUT2D eigenvalue weighted by molar-refractivity contribution is 5.75. The molecule has 0 saturated heterocycles. The summed E-state index contributed by atoms with van der Waals surface area (Å²) in [5.74, 6) is -0.944. The molecule has 0 aliphatic rings. The summed E-state index contributed by atoms with van der Waals surface area (Å²) in [4.78, 5) is 21.7. The number of rotatable bonds is 10.